The molecule has 6 aromatic carbocycles. The lowest BCUT2D eigenvalue weighted by molar-refractivity contribution is 0.00578. The molecule has 6 aromatic rings. The van der Waals surface area contributed by atoms with Crippen LogP contribution < -0.4 is 5.46 Å². The molecule has 10 rings (SSSR count). The molecule has 1 spiro atoms. The molecular weight excluding hydrogens is 535 g/mol. The minimum atomic E-state index is -0.449. The third kappa shape index (κ3) is 2.77. The van der Waals surface area contributed by atoms with Crippen molar-refractivity contribution in [1.82, 2.24) is 0 Å². The maximum absolute atomic E-state index is 6.59. The Labute approximate surface area is 258 Å². The zero-order chi connectivity index (χ0) is 29.6. The van der Waals surface area contributed by atoms with Gasteiger partial charge in [0.2, 0.25) is 0 Å². The lowest BCUT2D eigenvalue weighted by Crippen LogP contribution is -2.41. The van der Waals surface area contributed by atoms with Crippen LogP contribution in [0.15, 0.2) is 115 Å². The van der Waals surface area contributed by atoms with E-state index in [9.17, 15) is 0 Å². The van der Waals surface area contributed by atoms with Crippen LogP contribution in [0, 0.1) is 0 Å². The second-order valence-corrected chi connectivity index (χ2v) is 13.9. The lowest BCUT2D eigenvalue weighted by Gasteiger charge is -2.32. The van der Waals surface area contributed by atoms with Crippen molar-refractivity contribution in [2.45, 2.75) is 44.3 Å². The van der Waals surface area contributed by atoms with Crippen molar-refractivity contribution >= 4 is 23.4 Å². The van der Waals surface area contributed by atoms with Gasteiger partial charge in [-0.2, -0.15) is 0 Å². The molecule has 0 radical (unpaired) electrons. The molecule has 3 heteroatoms. The molecule has 1 atom stereocenters. The molecule has 0 saturated carbocycles. The number of fused-ring (bicyclic) bond motifs is 14. The van der Waals surface area contributed by atoms with Crippen molar-refractivity contribution in [2.24, 2.45) is 0 Å². The molecule has 2 nitrogen and oxygen atoms in total. The first-order chi connectivity index (χ1) is 21.3. The van der Waals surface area contributed by atoms with Gasteiger partial charge in [0.1, 0.15) is 0 Å². The quantitative estimate of drug-likeness (QED) is 0.185. The summed E-state index contributed by atoms with van der Waals surface area (Å²) in [6.07, 6.45) is 0. The Morgan fingerprint density at radius 1 is 0.455 bits per heavy atom. The van der Waals surface area contributed by atoms with Crippen LogP contribution in [0.5, 0.6) is 0 Å². The highest BCUT2D eigenvalue weighted by Gasteiger charge is 2.55. The molecule has 44 heavy (non-hydrogen) atoms. The number of rotatable bonds is 1. The van der Waals surface area contributed by atoms with Gasteiger partial charge < -0.3 is 9.31 Å². The van der Waals surface area contributed by atoms with Gasteiger partial charge in [-0.15, -0.1) is 0 Å². The summed E-state index contributed by atoms with van der Waals surface area (Å²) >= 11 is 0. The smallest absolute Gasteiger partial charge is 0.399 e. The Balaban J connectivity index is 1.33. The minimum Gasteiger partial charge on any atom is -0.399 e. The van der Waals surface area contributed by atoms with E-state index in [0.717, 1.165) is 5.46 Å². The number of hydrogen-bond donors (Lipinski definition) is 0. The Bertz CT molecular complexity index is 2240. The van der Waals surface area contributed by atoms with E-state index in [1.54, 1.807) is 0 Å². The highest BCUT2D eigenvalue weighted by molar-refractivity contribution is 6.62. The molecular formula is C41H31BO2. The Hall–Kier alpha value is -4.44. The number of hydrogen-bond acceptors (Lipinski definition) is 2. The third-order valence-electron chi connectivity index (χ3n) is 11.3. The molecule has 0 bridgehead atoms. The second-order valence-electron chi connectivity index (χ2n) is 13.9. The van der Waals surface area contributed by atoms with Gasteiger partial charge in [0.25, 0.3) is 0 Å². The first kappa shape index (κ1) is 24.9. The molecule has 0 N–H and O–H groups in total. The van der Waals surface area contributed by atoms with Crippen LogP contribution in [0.25, 0.3) is 55.3 Å². The SMILES string of the molecule is CC1(C)OB(c2ccc3c(c2)C2(c4ccccc4-3)c3ccccc3-c3c2cc2c4c(cccc34)-c3ccccc3-2)OC1(C)C. The first-order valence-corrected chi connectivity index (χ1v) is 15.7. The van der Waals surface area contributed by atoms with E-state index in [1.165, 1.54) is 77.5 Å². The van der Waals surface area contributed by atoms with Crippen LogP contribution in [-0.4, -0.2) is 18.3 Å². The lowest BCUT2D eigenvalue weighted by atomic mass is 9.68. The Morgan fingerprint density at radius 3 is 1.75 bits per heavy atom. The summed E-state index contributed by atoms with van der Waals surface area (Å²) in [7, 11) is -0.425. The van der Waals surface area contributed by atoms with Crippen molar-refractivity contribution in [3.8, 4) is 44.5 Å². The summed E-state index contributed by atoms with van der Waals surface area (Å²) in [5.74, 6) is 0. The average molecular weight is 567 g/mol. The summed E-state index contributed by atoms with van der Waals surface area (Å²) in [6, 6.07) is 43.3. The summed E-state index contributed by atoms with van der Waals surface area (Å²) in [6.45, 7) is 8.51. The van der Waals surface area contributed by atoms with Crippen LogP contribution in [0.2, 0.25) is 0 Å². The zero-order valence-corrected chi connectivity index (χ0v) is 25.4. The van der Waals surface area contributed by atoms with Gasteiger partial charge in [-0.25, -0.2) is 0 Å². The summed E-state index contributed by atoms with van der Waals surface area (Å²) in [4.78, 5) is 0. The van der Waals surface area contributed by atoms with E-state index >= 15 is 0 Å². The molecule has 0 amide bonds. The Kier molecular flexibility index (Phi) is 4.53. The zero-order valence-electron chi connectivity index (χ0n) is 25.4. The highest BCUT2D eigenvalue weighted by Crippen LogP contribution is 2.65. The third-order valence-corrected chi connectivity index (χ3v) is 11.3. The van der Waals surface area contributed by atoms with Gasteiger partial charge in [-0.05, 0) is 117 Å². The summed E-state index contributed by atoms with van der Waals surface area (Å²) in [5.41, 5.74) is 15.8. The van der Waals surface area contributed by atoms with E-state index in [4.69, 9.17) is 9.31 Å². The van der Waals surface area contributed by atoms with E-state index < -0.39 is 23.7 Å². The van der Waals surface area contributed by atoms with Crippen LogP contribution >= 0.6 is 0 Å². The normalized spacial score (nSPS) is 20.5. The predicted molar refractivity (Wildman–Crippen MR) is 180 cm³/mol. The van der Waals surface area contributed by atoms with E-state index in [-0.39, 0.29) is 0 Å². The standard InChI is InChI=1S/C41H31BO2/c1-39(2)40(3,4)44-42(43-39)24-20-21-28-27-14-7-9-18-33(27)41(35(28)22-24)34-19-10-8-15-30(34)38-31-17-11-16-29-25-12-5-6-13-26(25)32(37(29)31)23-36(38)41/h5-23H,1-4H3. The average Bonchev–Trinajstić information content (AvgIpc) is 3.69. The van der Waals surface area contributed by atoms with Crippen molar-refractivity contribution in [3.05, 3.63) is 138 Å². The van der Waals surface area contributed by atoms with Crippen LogP contribution in [-0.2, 0) is 14.7 Å². The molecule has 210 valence electrons. The van der Waals surface area contributed by atoms with Crippen LogP contribution in [0.4, 0.5) is 0 Å². The summed E-state index contributed by atoms with van der Waals surface area (Å²) < 4.78 is 13.2. The van der Waals surface area contributed by atoms with Crippen molar-refractivity contribution in [3.63, 3.8) is 0 Å². The monoisotopic (exact) mass is 566 g/mol. The van der Waals surface area contributed by atoms with Crippen molar-refractivity contribution in [1.29, 1.82) is 0 Å². The fourth-order valence-electron chi connectivity index (χ4n) is 8.64. The molecule has 1 saturated heterocycles. The maximum Gasteiger partial charge on any atom is 0.494 e. The first-order valence-electron chi connectivity index (χ1n) is 15.7. The second kappa shape index (κ2) is 7.98. The molecule has 4 aliphatic rings. The van der Waals surface area contributed by atoms with Gasteiger partial charge in [0, 0.05) is 0 Å². The highest BCUT2D eigenvalue weighted by atomic mass is 16.7. The van der Waals surface area contributed by atoms with Gasteiger partial charge >= 0.3 is 7.12 Å². The predicted octanol–water partition coefficient (Wildman–Crippen LogP) is 9.13. The van der Waals surface area contributed by atoms with Crippen LogP contribution in [0.1, 0.15) is 49.9 Å². The van der Waals surface area contributed by atoms with E-state index in [0.29, 0.717) is 0 Å². The van der Waals surface area contributed by atoms with Gasteiger partial charge in [0.15, 0.2) is 0 Å². The largest absolute Gasteiger partial charge is 0.494 e. The Morgan fingerprint density at radius 2 is 1.02 bits per heavy atom. The van der Waals surface area contributed by atoms with Gasteiger partial charge in [-0.3, -0.25) is 0 Å². The van der Waals surface area contributed by atoms with E-state index in [1.807, 2.05) is 0 Å². The minimum absolute atomic E-state index is 0.405. The molecule has 1 fully saturated rings. The van der Waals surface area contributed by atoms with Gasteiger partial charge in [-0.1, -0.05) is 109 Å². The topological polar surface area (TPSA) is 18.5 Å². The molecule has 0 aromatic heterocycles. The fourth-order valence-corrected chi connectivity index (χ4v) is 8.64. The molecule has 3 aliphatic carbocycles. The van der Waals surface area contributed by atoms with Gasteiger partial charge in [0.05, 0.1) is 16.6 Å². The van der Waals surface area contributed by atoms with Crippen molar-refractivity contribution < 1.29 is 9.31 Å². The fraction of sp³-hybridized carbons (Fsp3) is 0.171. The maximum atomic E-state index is 6.59. The number of benzene rings is 6. The summed E-state index contributed by atoms with van der Waals surface area (Å²) in [5, 5.41) is 2.71. The van der Waals surface area contributed by atoms with Crippen LogP contribution in [0.3, 0.4) is 0 Å². The van der Waals surface area contributed by atoms with Crippen molar-refractivity contribution in [2.75, 3.05) is 0 Å². The molecule has 1 heterocycles. The molecule has 1 aliphatic heterocycles. The molecule has 1 unspecified atom stereocenters. The van der Waals surface area contributed by atoms with E-state index in [2.05, 4.69) is 143 Å².